The fraction of sp³-hybridized carbons (Fsp3) is 0.188. The fourth-order valence-electron chi connectivity index (χ4n) is 2.45. The number of hydrogen-bond acceptors (Lipinski definition) is 2. The zero-order chi connectivity index (χ0) is 13.2. The standard InChI is InChI=1S/C16H13BrO2/c17-14-7-5-11(6-8-14)13-9-12-3-1-2-4-15(12)19-16(18)10-13/h1-8,13H,9-10H2. The van der Waals surface area contributed by atoms with Gasteiger partial charge in [0.2, 0.25) is 0 Å². The van der Waals surface area contributed by atoms with Crippen LogP contribution >= 0.6 is 15.9 Å². The lowest BCUT2D eigenvalue weighted by molar-refractivity contribution is -0.134. The molecule has 1 unspecified atom stereocenters. The van der Waals surface area contributed by atoms with Gasteiger partial charge in [-0.25, -0.2) is 0 Å². The van der Waals surface area contributed by atoms with Gasteiger partial charge >= 0.3 is 5.97 Å². The Kier molecular flexibility index (Phi) is 3.38. The molecule has 0 amide bonds. The summed E-state index contributed by atoms with van der Waals surface area (Å²) in [7, 11) is 0. The SMILES string of the molecule is O=C1CC(c2ccc(Br)cc2)Cc2ccccc2O1. The molecular weight excluding hydrogens is 304 g/mol. The van der Waals surface area contributed by atoms with Gasteiger partial charge in [0.05, 0.1) is 6.42 Å². The first-order valence-electron chi connectivity index (χ1n) is 6.26. The van der Waals surface area contributed by atoms with E-state index in [4.69, 9.17) is 4.74 Å². The van der Waals surface area contributed by atoms with Crippen LogP contribution in [0.5, 0.6) is 5.75 Å². The fourth-order valence-corrected chi connectivity index (χ4v) is 2.71. The van der Waals surface area contributed by atoms with E-state index in [1.807, 2.05) is 36.4 Å². The molecule has 1 aliphatic rings. The van der Waals surface area contributed by atoms with Crippen molar-refractivity contribution in [3.8, 4) is 5.75 Å². The van der Waals surface area contributed by atoms with E-state index in [-0.39, 0.29) is 11.9 Å². The third kappa shape index (κ3) is 2.71. The lowest BCUT2D eigenvalue weighted by atomic mass is 9.90. The topological polar surface area (TPSA) is 26.3 Å². The highest BCUT2D eigenvalue weighted by Gasteiger charge is 2.24. The zero-order valence-electron chi connectivity index (χ0n) is 10.3. The van der Waals surface area contributed by atoms with E-state index in [1.54, 1.807) is 0 Å². The van der Waals surface area contributed by atoms with Gasteiger partial charge < -0.3 is 4.74 Å². The minimum absolute atomic E-state index is 0.155. The molecule has 0 bridgehead atoms. The Bertz CT molecular complexity index is 604. The molecule has 2 aromatic rings. The summed E-state index contributed by atoms with van der Waals surface area (Å²) in [6.45, 7) is 0. The maximum absolute atomic E-state index is 11.9. The Balaban J connectivity index is 1.95. The lowest BCUT2D eigenvalue weighted by Crippen LogP contribution is -2.10. The van der Waals surface area contributed by atoms with Crippen LogP contribution in [0.25, 0.3) is 0 Å². The van der Waals surface area contributed by atoms with Crippen molar-refractivity contribution in [1.29, 1.82) is 0 Å². The largest absolute Gasteiger partial charge is 0.426 e. The van der Waals surface area contributed by atoms with Crippen molar-refractivity contribution in [2.45, 2.75) is 18.8 Å². The Morgan fingerprint density at radius 3 is 2.53 bits per heavy atom. The first-order chi connectivity index (χ1) is 9.22. The van der Waals surface area contributed by atoms with Gasteiger partial charge in [-0.05, 0) is 41.7 Å². The molecule has 0 N–H and O–H groups in total. The molecule has 3 rings (SSSR count). The first kappa shape index (κ1) is 12.4. The van der Waals surface area contributed by atoms with Gasteiger partial charge in [0.1, 0.15) is 5.75 Å². The molecular formula is C16H13BrO2. The Morgan fingerprint density at radius 2 is 1.74 bits per heavy atom. The molecule has 1 atom stereocenters. The minimum atomic E-state index is -0.155. The van der Waals surface area contributed by atoms with Gasteiger partial charge in [-0.3, -0.25) is 4.79 Å². The Hall–Kier alpha value is -1.61. The molecule has 1 heterocycles. The summed E-state index contributed by atoms with van der Waals surface area (Å²) in [6, 6.07) is 15.9. The summed E-state index contributed by atoms with van der Waals surface area (Å²) >= 11 is 3.43. The highest BCUT2D eigenvalue weighted by atomic mass is 79.9. The first-order valence-corrected chi connectivity index (χ1v) is 7.06. The molecule has 0 saturated carbocycles. The minimum Gasteiger partial charge on any atom is -0.426 e. The van der Waals surface area contributed by atoms with E-state index in [1.165, 1.54) is 5.56 Å². The average Bonchev–Trinajstić information content (AvgIpc) is 2.57. The van der Waals surface area contributed by atoms with Gasteiger partial charge in [0.15, 0.2) is 0 Å². The number of halogens is 1. The van der Waals surface area contributed by atoms with Crippen LogP contribution in [-0.2, 0) is 11.2 Å². The molecule has 19 heavy (non-hydrogen) atoms. The number of esters is 1. The van der Waals surface area contributed by atoms with E-state index in [2.05, 4.69) is 28.1 Å². The number of hydrogen-bond donors (Lipinski definition) is 0. The summed E-state index contributed by atoms with van der Waals surface area (Å²) in [5, 5.41) is 0. The molecule has 0 aromatic heterocycles. The number of carbonyl (C=O) groups excluding carboxylic acids is 1. The van der Waals surface area contributed by atoms with Crippen LogP contribution in [0, 0.1) is 0 Å². The summed E-state index contributed by atoms with van der Waals surface area (Å²) in [5.74, 6) is 0.731. The Morgan fingerprint density at radius 1 is 1.00 bits per heavy atom. The third-order valence-corrected chi connectivity index (χ3v) is 3.95. The maximum atomic E-state index is 11.9. The van der Waals surface area contributed by atoms with Gasteiger partial charge in [-0.1, -0.05) is 46.3 Å². The predicted octanol–water partition coefficient (Wildman–Crippen LogP) is 4.08. The van der Waals surface area contributed by atoms with Crippen molar-refractivity contribution >= 4 is 21.9 Å². The number of benzene rings is 2. The average molecular weight is 317 g/mol. The number of rotatable bonds is 1. The zero-order valence-corrected chi connectivity index (χ0v) is 11.9. The normalized spacial score (nSPS) is 18.4. The molecule has 0 aliphatic carbocycles. The maximum Gasteiger partial charge on any atom is 0.311 e. The van der Waals surface area contributed by atoms with Crippen LogP contribution in [0.3, 0.4) is 0 Å². The van der Waals surface area contributed by atoms with Gasteiger partial charge in [0, 0.05) is 4.47 Å². The molecule has 0 fully saturated rings. The van der Waals surface area contributed by atoms with Crippen LogP contribution in [0.1, 0.15) is 23.5 Å². The van der Waals surface area contributed by atoms with Gasteiger partial charge in [-0.2, -0.15) is 0 Å². The van der Waals surface area contributed by atoms with Crippen molar-refractivity contribution in [1.82, 2.24) is 0 Å². The Labute approximate surface area is 120 Å². The quantitative estimate of drug-likeness (QED) is 0.585. The second kappa shape index (κ2) is 5.17. The van der Waals surface area contributed by atoms with E-state index in [0.29, 0.717) is 12.2 Å². The molecule has 2 aromatic carbocycles. The third-order valence-electron chi connectivity index (χ3n) is 3.42. The van der Waals surface area contributed by atoms with Crippen molar-refractivity contribution < 1.29 is 9.53 Å². The van der Waals surface area contributed by atoms with E-state index in [0.717, 1.165) is 16.5 Å². The number of ether oxygens (including phenoxy) is 1. The molecule has 3 heteroatoms. The highest BCUT2D eigenvalue weighted by molar-refractivity contribution is 9.10. The summed E-state index contributed by atoms with van der Waals surface area (Å²) in [6.07, 6.45) is 1.26. The van der Waals surface area contributed by atoms with Crippen LogP contribution in [-0.4, -0.2) is 5.97 Å². The molecule has 0 radical (unpaired) electrons. The monoisotopic (exact) mass is 316 g/mol. The molecule has 0 spiro atoms. The summed E-state index contributed by atoms with van der Waals surface area (Å²) in [5.41, 5.74) is 2.28. The molecule has 0 saturated heterocycles. The second-order valence-electron chi connectivity index (χ2n) is 4.74. The van der Waals surface area contributed by atoms with Crippen molar-refractivity contribution in [2.75, 3.05) is 0 Å². The van der Waals surface area contributed by atoms with E-state index in [9.17, 15) is 4.79 Å². The highest BCUT2D eigenvalue weighted by Crippen LogP contribution is 2.33. The lowest BCUT2D eigenvalue weighted by Gasteiger charge is -2.13. The number of fused-ring (bicyclic) bond motifs is 1. The van der Waals surface area contributed by atoms with Crippen LogP contribution in [0.4, 0.5) is 0 Å². The van der Waals surface area contributed by atoms with Crippen molar-refractivity contribution in [3.63, 3.8) is 0 Å². The predicted molar refractivity (Wildman–Crippen MR) is 77.3 cm³/mol. The van der Waals surface area contributed by atoms with Crippen LogP contribution in [0.2, 0.25) is 0 Å². The van der Waals surface area contributed by atoms with Gasteiger partial charge in [-0.15, -0.1) is 0 Å². The molecule has 2 nitrogen and oxygen atoms in total. The van der Waals surface area contributed by atoms with Crippen LogP contribution < -0.4 is 4.74 Å². The van der Waals surface area contributed by atoms with E-state index < -0.39 is 0 Å². The molecule has 1 aliphatic heterocycles. The van der Waals surface area contributed by atoms with Crippen LogP contribution in [0.15, 0.2) is 53.0 Å². The smallest absolute Gasteiger partial charge is 0.311 e. The van der Waals surface area contributed by atoms with E-state index >= 15 is 0 Å². The second-order valence-corrected chi connectivity index (χ2v) is 5.65. The van der Waals surface area contributed by atoms with Crippen molar-refractivity contribution in [3.05, 3.63) is 64.1 Å². The molecule has 96 valence electrons. The number of carbonyl (C=O) groups is 1. The number of para-hydroxylation sites is 1. The van der Waals surface area contributed by atoms with Gasteiger partial charge in [0.25, 0.3) is 0 Å². The summed E-state index contributed by atoms with van der Waals surface area (Å²) in [4.78, 5) is 11.9. The summed E-state index contributed by atoms with van der Waals surface area (Å²) < 4.78 is 6.43. The van der Waals surface area contributed by atoms with Crippen molar-refractivity contribution in [2.24, 2.45) is 0 Å².